The number of fused-ring (bicyclic) bond motifs is 2. The second kappa shape index (κ2) is 7.46. The average Bonchev–Trinajstić information content (AvgIpc) is 3.38. The predicted molar refractivity (Wildman–Crippen MR) is 111 cm³/mol. The molecule has 32 heavy (non-hydrogen) atoms. The number of benzene rings is 1. The van der Waals surface area contributed by atoms with E-state index in [0.717, 1.165) is 25.1 Å². The summed E-state index contributed by atoms with van der Waals surface area (Å²) in [7, 11) is 0. The van der Waals surface area contributed by atoms with Crippen LogP contribution in [-0.2, 0) is 4.74 Å². The first kappa shape index (κ1) is 20.7. The van der Waals surface area contributed by atoms with Crippen LogP contribution in [-0.4, -0.2) is 58.9 Å². The molecule has 1 aromatic carbocycles. The third-order valence-electron chi connectivity index (χ3n) is 6.72. The minimum absolute atomic E-state index is 0.0638. The highest BCUT2D eigenvalue weighted by atomic mass is 19.1. The van der Waals surface area contributed by atoms with Gasteiger partial charge in [-0.25, -0.2) is 18.4 Å². The molecule has 1 saturated carbocycles. The van der Waals surface area contributed by atoms with E-state index in [2.05, 4.69) is 0 Å². The van der Waals surface area contributed by atoms with Gasteiger partial charge in [0.1, 0.15) is 17.1 Å². The van der Waals surface area contributed by atoms with Gasteiger partial charge in [0.2, 0.25) is 5.43 Å². The summed E-state index contributed by atoms with van der Waals surface area (Å²) in [6, 6.07) is 0.614. The number of aromatic carboxylic acids is 1. The summed E-state index contributed by atoms with van der Waals surface area (Å²) in [5, 5.41) is 9.09. The van der Waals surface area contributed by atoms with E-state index >= 15 is 8.78 Å². The number of anilines is 1. The normalized spacial score (nSPS) is 22.5. The summed E-state index contributed by atoms with van der Waals surface area (Å²) in [5.41, 5.74) is -1.72. The van der Waals surface area contributed by atoms with Gasteiger partial charge in [-0.15, -0.1) is 0 Å². The van der Waals surface area contributed by atoms with Gasteiger partial charge >= 0.3 is 12.1 Å². The van der Waals surface area contributed by atoms with Gasteiger partial charge in [0.15, 0.2) is 5.82 Å². The van der Waals surface area contributed by atoms with Crippen molar-refractivity contribution in [3.8, 4) is 0 Å². The Kier molecular flexibility index (Phi) is 4.83. The highest BCUT2D eigenvalue weighted by Crippen LogP contribution is 2.41. The molecule has 170 valence electrons. The van der Waals surface area contributed by atoms with E-state index in [0.29, 0.717) is 19.5 Å². The summed E-state index contributed by atoms with van der Waals surface area (Å²) in [5.74, 6) is -3.15. The number of carbonyl (C=O) groups excluding carboxylic acids is 1. The molecule has 2 atom stereocenters. The van der Waals surface area contributed by atoms with Crippen molar-refractivity contribution >= 4 is 28.7 Å². The summed E-state index contributed by atoms with van der Waals surface area (Å²) >= 11 is 0. The number of hydrogen-bond acceptors (Lipinski definition) is 5. The van der Waals surface area contributed by atoms with E-state index in [-0.39, 0.29) is 47.7 Å². The van der Waals surface area contributed by atoms with Gasteiger partial charge in [-0.3, -0.25) is 4.79 Å². The van der Waals surface area contributed by atoms with E-state index < -0.39 is 34.7 Å². The van der Waals surface area contributed by atoms with Crippen LogP contribution in [0.4, 0.5) is 19.3 Å². The van der Waals surface area contributed by atoms with Crippen LogP contribution >= 0.6 is 0 Å². The zero-order valence-corrected chi connectivity index (χ0v) is 17.5. The lowest BCUT2D eigenvalue weighted by Gasteiger charge is -2.26. The van der Waals surface area contributed by atoms with E-state index in [1.165, 1.54) is 4.57 Å². The molecule has 2 aromatic rings. The van der Waals surface area contributed by atoms with Gasteiger partial charge in [0.05, 0.1) is 23.6 Å². The molecule has 3 heterocycles. The SMILES string of the molecule is CCOC(=O)N1CCC2CN(c3c(F)cc4c(=O)c(C(=O)O)cn(C5CC5)c4c3F)CC21. The van der Waals surface area contributed by atoms with Crippen LogP contribution in [0.2, 0.25) is 0 Å². The molecular formula is C22H23F2N3O5. The fourth-order valence-electron chi connectivity index (χ4n) is 5.09. The monoisotopic (exact) mass is 447 g/mol. The quantitative estimate of drug-likeness (QED) is 0.775. The fraction of sp³-hybridized carbons (Fsp3) is 0.500. The molecule has 2 aliphatic heterocycles. The minimum Gasteiger partial charge on any atom is -0.477 e. The number of halogens is 2. The fourth-order valence-corrected chi connectivity index (χ4v) is 5.09. The van der Waals surface area contributed by atoms with Crippen molar-refractivity contribution in [3.63, 3.8) is 0 Å². The number of hydrogen-bond donors (Lipinski definition) is 1. The second-order valence-electron chi connectivity index (χ2n) is 8.65. The Hall–Kier alpha value is -3.17. The number of likely N-dealkylation sites (tertiary alicyclic amines) is 1. The van der Waals surface area contributed by atoms with E-state index in [1.807, 2.05) is 0 Å². The zero-order chi connectivity index (χ0) is 22.7. The molecule has 10 heteroatoms. The van der Waals surface area contributed by atoms with Gasteiger partial charge in [-0.05, 0) is 32.3 Å². The molecule has 1 amide bonds. The van der Waals surface area contributed by atoms with Crippen LogP contribution in [0.5, 0.6) is 0 Å². The molecule has 2 saturated heterocycles. The van der Waals surface area contributed by atoms with Crippen molar-refractivity contribution in [1.82, 2.24) is 9.47 Å². The first-order chi connectivity index (χ1) is 15.3. The van der Waals surface area contributed by atoms with Crippen LogP contribution < -0.4 is 10.3 Å². The van der Waals surface area contributed by atoms with Gasteiger partial charge in [-0.1, -0.05) is 0 Å². The number of rotatable bonds is 4. The largest absolute Gasteiger partial charge is 0.477 e. The lowest BCUT2D eigenvalue weighted by atomic mass is 10.1. The maximum absolute atomic E-state index is 15.8. The molecule has 2 unspecified atom stereocenters. The number of amides is 1. The van der Waals surface area contributed by atoms with Crippen molar-refractivity contribution in [2.45, 2.75) is 38.3 Å². The number of nitrogens with zero attached hydrogens (tertiary/aromatic N) is 3. The maximum atomic E-state index is 15.8. The standard InChI is InChI=1S/C22H23F2N3O5/c1-2-32-22(31)26-6-5-11-8-25(10-16(11)26)19-15(23)7-13-18(17(19)24)27(12-3-4-12)9-14(20(13)28)21(29)30/h7,9,11-12,16H,2-6,8,10H2,1H3,(H,29,30). The van der Waals surface area contributed by atoms with E-state index in [9.17, 15) is 19.5 Å². The first-order valence-corrected chi connectivity index (χ1v) is 10.8. The predicted octanol–water partition coefficient (Wildman–Crippen LogP) is 2.98. The Labute approximate surface area is 182 Å². The van der Waals surface area contributed by atoms with Gasteiger partial charge in [0.25, 0.3) is 0 Å². The topological polar surface area (TPSA) is 92.1 Å². The average molecular weight is 447 g/mol. The number of ether oxygens (including phenoxy) is 1. The van der Waals surface area contributed by atoms with Crippen molar-refractivity contribution in [1.29, 1.82) is 0 Å². The Balaban J connectivity index is 1.58. The number of carboxylic acids is 1. The molecule has 5 rings (SSSR count). The summed E-state index contributed by atoms with van der Waals surface area (Å²) in [4.78, 5) is 39.6. The minimum atomic E-state index is -1.43. The Morgan fingerprint density at radius 3 is 2.62 bits per heavy atom. The number of aromatic nitrogens is 1. The molecule has 0 radical (unpaired) electrons. The van der Waals surface area contributed by atoms with Gasteiger partial charge in [-0.2, -0.15) is 0 Å². The third kappa shape index (κ3) is 3.11. The van der Waals surface area contributed by atoms with Crippen molar-refractivity contribution in [2.75, 3.05) is 31.1 Å². The Bertz CT molecular complexity index is 1190. The highest BCUT2D eigenvalue weighted by molar-refractivity contribution is 5.94. The maximum Gasteiger partial charge on any atom is 0.410 e. The number of carbonyl (C=O) groups is 2. The van der Waals surface area contributed by atoms with Crippen LogP contribution in [0.25, 0.3) is 10.9 Å². The lowest BCUT2D eigenvalue weighted by Crippen LogP contribution is -2.40. The van der Waals surface area contributed by atoms with Crippen LogP contribution in [0.1, 0.15) is 42.6 Å². The molecule has 0 spiro atoms. The lowest BCUT2D eigenvalue weighted by molar-refractivity contribution is 0.0694. The molecule has 3 aliphatic rings. The summed E-state index contributed by atoms with van der Waals surface area (Å²) in [6.45, 7) is 3.15. The summed E-state index contributed by atoms with van der Waals surface area (Å²) < 4.78 is 37.5. The first-order valence-electron chi connectivity index (χ1n) is 10.8. The highest BCUT2D eigenvalue weighted by Gasteiger charge is 2.45. The Morgan fingerprint density at radius 1 is 1.22 bits per heavy atom. The molecule has 0 bridgehead atoms. The van der Waals surface area contributed by atoms with Crippen molar-refractivity contribution in [3.05, 3.63) is 39.7 Å². The van der Waals surface area contributed by atoms with E-state index in [1.54, 1.807) is 16.7 Å². The molecule has 3 fully saturated rings. The zero-order valence-electron chi connectivity index (χ0n) is 17.5. The smallest absolute Gasteiger partial charge is 0.410 e. The molecule has 1 aliphatic carbocycles. The van der Waals surface area contributed by atoms with E-state index in [4.69, 9.17) is 4.74 Å². The molecular weight excluding hydrogens is 424 g/mol. The van der Waals surface area contributed by atoms with Gasteiger partial charge in [0, 0.05) is 37.8 Å². The van der Waals surface area contributed by atoms with Crippen molar-refractivity contribution in [2.24, 2.45) is 5.92 Å². The number of carboxylic acid groups (broad SMARTS) is 1. The van der Waals surface area contributed by atoms with Crippen molar-refractivity contribution < 1.29 is 28.2 Å². The van der Waals surface area contributed by atoms with Crippen LogP contribution in [0, 0.1) is 17.6 Å². The molecule has 8 nitrogen and oxygen atoms in total. The van der Waals surface area contributed by atoms with Crippen LogP contribution in [0.15, 0.2) is 17.1 Å². The third-order valence-corrected chi connectivity index (χ3v) is 6.72. The Morgan fingerprint density at radius 2 is 1.97 bits per heavy atom. The van der Waals surface area contributed by atoms with Crippen LogP contribution in [0.3, 0.4) is 0 Å². The second-order valence-corrected chi connectivity index (χ2v) is 8.65. The molecule has 1 N–H and O–H groups in total. The number of pyridine rings is 1. The summed E-state index contributed by atoms with van der Waals surface area (Å²) in [6.07, 6.45) is 2.91. The molecule has 1 aromatic heterocycles. The van der Waals surface area contributed by atoms with Gasteiger partial charge < -0.3 is 24.2 Å².